The molecule has 3 aromatic rings. The third-order valence-electron chi connectivity index (χ3n) is 3.39. The fourth-order valence-electron chi connectivity index (χ4n) is 2.32. The Hall–Kier alpha value is -1.81. The van der Waals surface area contributed by atoms with Gasteiger partial charge in [0.15, 0.2) is 0 Å². The average Bonchev–Trinajstić information content (AvgIpc) is 2.97. The molecule has 0 aliphatic heterocycles. The lowest BCUT2D eigenvalue weighted by atomic mass is 10.2. The van der Waals surface area contributed by atoms with Gasteiger partial charge in [0.1, 0.15) is 0 Å². The topological polar surface area (TPSA) is 43.8 Å². The number of aromatic nitrogens is 2. The number of benzene rings is 1. The van der Waals surface area contributed by atoms with E-state index < -0.39 is 0 Å². The van der Waals surface area contributed by atoms with Crippen LogP contribution < -0.4 is 5.73 Å². The molecule has 0 aliphatic rings. The van der Waals surface area contributed by atoms with E-state index in [0.717, 1.165) is 24.0 Å². The second-order valence-electron chi connectivity index (χ2n) is 4.72. The lowest BCUT2D eigenvalue weighted by Crippen LogP contribution is -2.03. The van der Waals surface area contributed by atoms with Crippen LogP contribution in [0.3, 0.4) is 0 Å². The molecule has 0 fully saturated rings. The van der Waals surface area contributed by atoms with Crippen molar-refractivity contribution >= 4 is 28.3 Å². The van der Waals surface area contributed by atoms with Gasteiger partial charge in [-0.25, -0.2) is 4.98 Å². The van der Waals surface area contributed by atoms with Crippen LogP contribution >= 0.6 is 11.3 Å². The van der Waals surface area contributed by atoms with Crippen molar-refractivity contribution in [1.29, 1.82) is 0 Å². The molecule has 0 spiro atoms. The lowest BCUT2D eigenvalue weighted by Gasteiger charge is -2.04. The normalized spacial score (nSPS) is 11.3. The number of anilines is 1. The van der Waals surface area contributed by atoms with Crippen molar-refractivity contribution in [1.82, 2.24) is 9.55 Å². The molecule has 0 amide bonds. The largest absolute Gasteiger partial charge is 0.369 e. The Morgan fingerprint density at radius 3 is 2.74 bits per heavy atom. The van der Waals surface area contributed by atoms with Crippen molar-refractivity contribution in [3.8, 4) is 0 Å². The molecule has 1 aromatic carbocycles. The number of rotatable bonds is 3. The van der Waals surface area contributed by atoms with Crippen molar-refractivity contribution in [2.45, 2.75) is 26.8 Å². The van der Waals surface area contributed by atoms with Gasteiger partial charge < -0.3 is 10.3 Å². The molecule has 3 rings (SSSR count). The van der Waals surface area contributed by atoms with Crippen molar-refractivity contribution < 1.29 is 0 Å². The molecule has 0 radical (unpaired) electrons. The summed E-state index contributed by atoms with van der Waals surface area (Å²) in [6, 6.07) is 10.6. The van der Waals surface area contributed by atoms with Gasteiger partial charge in [0, 0.05) is 9.75 Å². The summed E-state index contributed by atoms with van der Waals surface area (Å²) in [5, 5.41) is 0. The van der Waals surface area contributed by atoms with E-state index in [9.17, 15) is 0 Å². The third kappa shape index (κ3) is 2.12. The van der Waals surface area contributed by atoms with Gasteiger partial charge in [0.25, 0.3) is 0 Å². The highest BCUT2D eigenvalue weighted by atomic mass is 32.1. The lowest BCUT2D eigenvalue weighted by molar-refractivity contribution is 0.853. The summed E-state index contributed by atoms with van der Waals surface area (Å²) in [5.74, 6) is 0.593. The van der Waals surface area contributed by atoms with Gasteiger partial charge in [-0.2, -0.15) is 0 Å². The predicted molar refractivity (Wildman–Crippen MR) is 81.7 cm³/mol. The van der Waals surface area contributed by atoms with E-state index in [-0.39, 0.29) is 0 Å². The third-order valence-corrected chi connectivity index (χ3v) is 4.60. The van der Waals surface area contributed by atoms with Crippen LogP contribution in [0.2, 0.25) is 0 Å². The van der Waals surface area contributed by atoms with E-state index in [1.54, 1.807) is 0 Å². The Kier molecular flexibility index (Phi) is 3.03. The molecule has 19 heavy (non-hydrogen) atoms. The number of nitrogens with zero attached hydrogens (tertiary/aromatic N) is 2. The average molecular weight is 271 g/mol. The fourth-order valence-corrected chi connectivity index (χ4v) is 3.27. The monoisotopic (exact) mass is 271 g/mol. The maximum atomic E-state index is 6.07. The van der Waals surface area contributed by atoms with E-state index in [4.69, 9.17) is 5.73 Å². The minimum Gasteiger partial charge on any atom is -0.369 e. The molecule has 0 saturated carbocycles. The second kappa shape index (κ2) is 4.70. The Bertz CT molecular complexity index is 724. The number of aryl methyl sites for hydroxylation is 2. The van der Waals surface area contributed by atoms with Crippen LogP contribution in [0.1, 0.15) is 22.2 Å². The number of para-hydroxylation sites is 1. The van der Waals surface area contributed by atoms with Crippen LogP contribution in [0.5, 0.6) is 0 Å². The summed E-state index contributed by atoms with van der Waals surface area (Å²) >= 11 is 1.85. The highest BCUT2D eigenvalue weighted by Gasteiger charge is 2.10. The molecular weight excluding hydrogens is 254 g/mol. The number of nitrogens with two attached hydrogens (primary N) is 1. The number of thiophene rings is 1. The molecule has 0 saturated heterocycles. The zero-order chi connectivity index (χ0) is 13.4. The first kappa shape index (κ1) is 12.2. The number of imidazole rings is 1. The standard InChI is InChI=1S/C15H17N3S/c1-3-11-7-8-12(19-11)9-18-13-6-4-5-10(2)14(13)17-15(18)16/h4-8H,3,9H2,1-2H3,(H2,16,17). The Morgan fingerprint density at radius 2 is 2.00 bits per heavy atom. The van der Waals surface area contributed by atoms with Crippen LogP contribution in [0, 0.1) is 6.92 Å². The summed E-state index contributed by atoms with van der Waals surface area (Å²) in [6.45, 7) is 5.05. The molecule has 0 bridgehead atoms. The number of hydrogen-bond acceptors (Lipinski definition) is 3. The van der Waals surface area contributed by atoms with E-state index in [2.05, 4.69) is 53.7 Å². The van der Waals surface area contributed by atoms with Crippen molar-refractivity contribution in [3.05, 3.63) is 45.6 Å². The number of hydrogen-bond donors (Lipinski definition) is 1. The molecule has 98 valence electrons. The van der Waals surface area contributed by atoms with Gasteiger partial charge in [0.05, 0.1) is 17.6 Å². The Morgan fingerprint density at radius 1 is 1.21 bits per heavy atom. The molecule has 2 N–H and O–H groups in total. The van der Waals surface area contributed by atoms with Crippen LogP contribution in [0.15, 0.2) is 30.3 Å². The van der Waals surface area contributed by atoms with Gasteiger partial charge >= 0.3 is 0 Å². The first-order valence-electron chi connectivity index (χ1n) is 6.48. The van der Waals surface area contributed by atoms with E-state index in [1.807, 2.05) is 11.3 Å². The number of nitrogen functional groups attached to an aromatic ring is 1. The van der Waals surface area contributed by atoms with Gasteiger partial charge in [-0.3, -0.25) is 0 Å². The van der Waals surface area contributed by atoms with Crippen molar-refractivity contribution in [2.24, 2.45) is 0 Å². The zero-order valence-electron chi connectivity index (χ0n) is 11.2. The van der Waals surface area contributed by atoms with Crippen molar-refractivity contribution in [2.75, 3.05) is 5.73 Å². The summed E-state index contributed by atoms with van der Waals surface area (Å²) in [5.41, 5.74) is 9.36. The summed E-state index contributed by atoms with van der Waals surface area (Å²) in [6.07, 6.45) is 1.09. The van der Waals surface area contributed by atoms with Gasteiger partial charge in [-0.1, -0.05) is 19.1 Å². The minimum absolute atomic E-state index is 0.593. The van der Waals surface area contributed by atoms with Crippen molar-refractivity contribution in [3.63, 3.8) is 0 Å². The molecule has 2 aromatic heterocycles. The maximum absolute atomic E-state index is 6.07. The molecule has 4 heteroatoms. The van der Waals surface area contributed by atoms with E-state index >= 15 is 0 Å². The summed E-state index contributed by atoms with van der Waals surface area (Å²) < 4.78 is 2.09. The molecular formula is C15H17N3S. The fraction of sp³-hybridized carbons (Fsp3) is 0.267. The van der Waals surface area contributed by atoms with Crippen LogP contribution in [0.25, 0.3) is 11.0 Å². The van der Waals surface area contributed by atoms with Gasteiger partial charge in [-0.05, 0) is 37.1 Å². The minimum atomic E-state index is 0.593. The number of fused-ring (bicyclic) bond motifs is 1. The first-order chi connectivity index (χ1) is 9.19. The summed E-state index contributed by atoms with van der Waals surface area (Å²) in [7, 11) is 0. The Balaban J connectivity index is 2.05. The Labute approximate surface area is 116 Å². The predicted octanol–water partition coefficient (Wildman–Crippen LogP) is 3.60. The maximum Gasteiger partial charge on any atom is 0.201 e. The van der Waals surface area contributed by atoms with Crippen LogP contribution in [0.4, 0.5) is 5.95 Å². The highest BCUT2D eigenvalue weighted by Crippen LogP contribution is 2.24. The summed E-state index contributed by atoms with van der Waals surface area (Å²) in [4.78, 5) is 7.22. The molecule has 0 unspecified atom stereocenters. The molecule has 0 aliphatic carbocycles. The molecule has 2 heterocycles. The van der Waals surface area contributed by atoms with Gasteiger partial charge in [-0.15, -0.1) is 11.3 Å². The molecule has 3 nitrogen and oxygen atoms in total. The zero-order valence-corrected chi connectivity index (χ0v) is 12.0. The first-order valence-corrected chi connectivity index (χ1v) is 7.29. The smallest absolute Gasteiger partial charge is 0.201 e. The second-order valence-corrected chi connectivity index (χ2v) is 5.97. The van der Waals surface area contributed by atoms with E-state index in [1.165, 1.54) is 15.3 Å². The molecule has 0 atom stereocenters. The van der Waals surface area contributed by atoms with Gasteiger partial charge in [0.2, 0.25) is 5.95 Å². The SMILES string of the molecule is CCc1ccc(Cn2c(N)nc3c(C)cccc32)s1. The quantitative estimate of drug-likeness (QED) is 0.791. The van der Waals surface area contributed by atoms with Crippen LogP contribution in [-0.2, 0) is 13.0 Å². The van der Waals surface area contributed by atoms with Crippen LogP contribution in [-0.4, -0.2) is 9.55 Å². The van der Waals surface area contributed by atoms with E-state index in [0.29, 0.717) is 5.95 Å². The highest BCUT2D eigenvalue weighted by molar-refractivity contribution is 7.11.